The molecule has 0 radical (unpaired) electrons. The number of nitrogens with zero attached hydrogens (tertiary/aromatic N) is 2. The summed E-state index contributed by atoms with van der Waals surface area (Å²) < 4.78 is 0. The molecule has 3 nitrogen and oxygen atoms in total. The van der Waals surface area contributed by atoms with E-state index in [9.17, 15) is 4.79 Å². The minimum atomic E-state index is 0.198. The lowest BCUT2D eigenvalue weighted by Crippen LogP contribution is -2.48. The van der Waals surface area contributed by atoms with Crippen molar-refractivity contribution in [2.24, 2.45) is 5.92 Å². The van der Waals surface area contributed by atoms with Crippen molar-refractivity contribution in [3.05, 3.63) is 0 Å². The van der Waals surface area contributed by atoms with E-state index < -0.39 is 0 Å². The van der Waals surface area contributed by atoms with Crippen LogP contribution in [0.5, 0.6) is 0 Å². The molecule has 13 heavy (non-hydrogen) atoms. The van der Waals surface area contributed by atoms with Crippen LogP contribution in [0.25, 0.3) is 0 Å². The van der Waals surface area contributed by atoms with E-state index in [-0.39, 0.29) is 5.92 Å². The Bertz CT molecular complexity index is 174. The minimum Gasteiger partial charge on any atom is -0.340 e. The van der Waals surface area contributed by atoms with E-state index in [1.54, 1.807) is 0 Å². The predicted molar refractivity (Wildman–Crippen MR) is 53.5 cm³/mol. The molecule has 1 aliphatic heterocycles. The zero-order valence-electron chi connectivity index (χ0n) is 8.92. The third-order valence-electron chi connectivity index (χ3n) is 2.85. The van der Waals surface area contributed by atoms with E-state index in [1.165, 1.54) is 0 Å². The molecule has 0 aliphatic carbocycles. The third-order valence-corrected chi connectivity index (χ3v) is 2.85. The zero-order chi connectivity index (χ0) is 9.84. The van der Waals surface area contributed by atoms with Gasteiger partial charge in [0.1, 0.15) is 0 Å². The van der Waals surface area contributed by atoms with E-state index in [0.717, 1.165) is 32.6 Å². The molecule has 3 heteroatoms. The van der Waals surface area contributed by atoms with Gasteiger partial charge in [-0.1, -0.05) is 13.8 Å². The molecule has 0 saturated carbocycles. The van der Waals surface area contributed by atoms with Gasteiger partial charge in [-0.25, -0.2) is 0 Å². The lowest BCUT2D eigenvalue weighted by Gasteiger charge is -2.33. The van der Waals surface area contributed by atoms with Crippen LogP contribution in [0.1, 0.15) is 20.3 Å². The molecule has 0 aromatic heterocycles. The largest absolute Gasteiger partial charge is 0.340 e. The second kappa shape index (κ2) is 4.61. The maximum atomic E-state index is 11.7. The van der Waals surface area contributed by atoms with Crippen molar-refractivity contribution in [2.45, 2.75) is 20.3 Å². The van der Waals surface area contributed by atoms with Crippen LogP contribution in [0.2, 0.25) is 0 Å². The van der Waals surface area contributed by atoms with Gasteiger partial charge in [-0.15, -0.1) is 0 Å². The lowest BCUT2D eigenvalue weighted by atomic mass is 10.1. The van der Waals surface area contributed by atoms with Crippen molar-refractivity contribution in [3.8, 4) is 0 Å². The van der Waals surface area contributed by atoms with Crippen molar-refractivity contribution in [1.82, 2.24) is 9.80 Å². The van der Waals surface area contributed by atoms with E-state index in [0.29, 0.717) is 5.91 Å². The highest BCUT2D eigenvalue weighted by atomic mass is 16.2. The Kier molecular flexibility index (Phi) is 3.72. The molecule has 0 N–H and O–H groups in total. The highest BCUT2D eigenvalue weighted by Gasteiger charge is 2.22. The lowest BCUT2D eigenvalue weighted by molar-refractivity contribution is -0.136. The molecule has 1 fully saturated rings. The topological polar surface area (TPSA) is 23.6 Å². The summed E-state index contributed by atoms with van der Waals surface area (Å²) in [6.07, 6.45) is 0.950. The van der Waals surface area contributed by atoms with Crippen LogP contribution in [0.15, 0.2) is 0 Å². The SMILES string of the molecule is CC[C@@H](C)C(=O)N1CCN(C)CC1. The van der Waals surface area contributed by atoms with Crippen molar-refractivity contribution in [3.63, 3.8) is 0 Å². The first kappa shape index (κ1) is 10.5. The molecule has 0 bridgehead atoms. The Morgan fingerprint density at radius 1 is 1.31 bits per heavy atom. The zero-order valence-corrected chi connectivity index (χ0v) is 8.92. The monoisotopic (exact) mass is 184 g/mol. The van der Waals surface area contributed by atoms with E-state index in [4.69, 9.17) is 0 Å². The van der Waals surface area contributed by atoms with Crippen molar-refractivity contribution in [1.29, 1.82) is 0 Å². The normalized spacial score (nSPS) is 21.6. The van der Waals surface area contributed by atoms with Gasteiger partial charge in [0.05, 0.1) is 0 Å². The standard InChI is InChI=1S/C10H20N2O/c1-4-9(2)10(13)12-7-5-11(3)6-8-12/h9H,4-8H2,1-3H3/t9-/m1/s1. The van der Waals surface area contributed by atoms with Gasteiger partial charge in [0.25, 0.3) is 0 Å². The highest BCUT2D eigenvalue weighted by Crippen LogP contribution is 2.08. The second-order valence-electron chi connectivity index (χ2n) is 3.94. The van der Waals surface area contributed by atoms with Gasteiger partial charge >= 0.3 is 0 Å². The molecular weight excluding hydrogens is 164 g/mol. The maximum Gasteiger partial charge on any atom is 0.225 e. The summed E-state index contributed by atoms with van der Waals surface area (Å²) in [5.41, 5.74) is 0. The Morgan fingerprint density at radius 2 is 1.85 bits per heavy atom. The summed E-state index contributed by atoms with van der Waals surface area (Å²) in [5.74, 6) is 0.527. The Balaban J connectivity index is 2.40. The first-order chi connectivity index (χ1) is 6.15. The summed E-state index contributed by atoms with van der Waals surface area (Å²) in [5, 5.41) is 0. The predicted octanol–water partition coefficient (Wildman–Crippen LogP) is 0.806. The Labute approximate surface area is 80.7 Å². The molecule has 1 heterocycles. The summed E-state index contributed by atoms with van der Waals surface area (Å²) >= 11 is 0. The molecule has 1 amide bonds. The van der Waals surface area contributed by atoms with Gasteiger partial charge in [0, 0.05) is 32.1 Å². The van der Waals surface area contributed by atoms with Crippen LogP contribution in [0.4, 0.5) is 0 Å². The molecule has 76 valence electrons. The van der Waals surface area contributed by atoms with Crippen LogP contribution in [-0.4, -0.2) is 48.9 Å². The van der Waals surface area contributed by atoms with E-state index >= 15 is 0 Å². The molecule has 0 unspecified atom stereocenters. The summed E-state index contributed by atoms with van der Waals surface area (Å²) in [6.45, 7) is 7.92. The molecule has 1 atom stereocenters. The molecule has 1 rings (SSSR count). The first-order valence-electron chi connectivity index (χ1n) is 5.12. The maximum absolute atomic E-state index is 11.7. The summed E-state index contributed by atoms with van der Waals surface area (Å²) in [6, 6.07) is 0. The minimum absolute atomic E-state index is 0.198. The Hall–Kier alpha value is -0.570. The number of carbonyl (C=O) groups is 1. The smallest absolute Gasteiger partial charge is 0.225 e. The third kappa shape index (κ3) is 2.69. The van der Waals surface area contributed by atoms with Gasteiger partial charge in [-0.2, -0.15) is 0 Å². The van der Waals surface area contributed by atoms with Gasteiger partial charge in [0.15, 0.2) is 0 Å². The van der Waals surface area contributed by atoms with Crippen molar-refractivity contribution in [2.75, 3.05) is 33.2 Å². The van der Waals surface area contributed by atoms with Crippen LogP contribution in [0.3, 0.4) is 0 Å². The average molecular weight is 184 g/mol. The van der Waals surface area contributed by atoms with Crippen LogP contribution < -0.4 is 0 Å². The van der Waals surface area contributed by atoms with Crippen LogP contribution >= 0.6 is 0 Å². The van der Waals surface area contributed by atoms with E-state index in [1.807, 2.05) is 11.8 Å². The molecule has 1 saturated heterocycles. The fourth-order valence-corrected chi connectivity index (χ4v) is 1.51. The molecular formula is C10H20N2O. The van der Waals surface area contributed by atoms with Gasteiger partial charge in [-0.05, 0) is 13.5 Å². The fourth-order valence-electron chi connectivity index (χ4n) is 1.51. The number of rotatable bonds is 2. The van der Waals surface area contributed by atoms with Gasteiger partial charge < -0.3 is 9.80 Å². The van der Waals surface area contributed by atoms with Crippen molar-refractivity contribution < 1.29 is 4.79 Å². The van der Waals surface area contributed by atoms with Crippen molar-refractivity contribution >= 4 is 5.91 Å². The van der Waals surface area contributed by atoms with Gasteiger partial charge in [-0.3, -0.25) is 4.79 Å². The number of hydrogen-bond donors (Lipinski definition) is 0. The van der Waals surface area contributed by atoms with Crippen LogP contribution in [0, 0.1) is 5.92 Å². The number of likely N-dealkylation sites (N-methyl/N-ethyl adjacent to an activating group) is 1. The first-order valence-corrected chi connectivity index (χ1v) is 5.12. The second-order valence-corrected chi connectivity index (χ2v) is 3.94. The average Bonchev–Trinajstić information content (AvgIpc) is 2.17. The van der Waals surface area contributed by atoms with E-state index in [2.05, 4.69) is 18.9 Å². The number of piperazine rings is 1. The number of hydrogen-bond acceptors (Lipinski definition) is 2. The Morgan fingerprint density at radius 3 is 2.31 bits per heavy atom. The van der Waals surface area contributed by atoms with Gasteiger partial charge in [0.2, 0.25) is 5.91 Å². The summed E-state index contributed by atoms with van der Waals surface area (Å²) in [7, 11) is 2.10. The molecule has 1 aliphatic rings. The molecule has 0 aromatic rings. The quantitative estimate of drug-likeness (QED) is 0.634. The fraction of sp³-hybridized carbons (Fsp3) is 0.900. The van der Waals surface area contributed by atoms with Crippen LogP contribution in [-0.2, 0) is 4.79 Å². The highest BCUT2D eigenvalue weighted by molar-refractivity contribution is 5.78. The number of amides is 1. The number of carbonyl (C=O) groups excluding carboxylic acids is 1. The summed E-state index contributed by atoms with van der Waals surface area (Å²) in [4.78, 5) is 16.0. The molecule has 0 aromatic carbocycles. The molecule has 0 spiro atoms.